The molecule has 1 heterocycles. The van der Waals surface area contributed by atoms with Crippen LogP contribution in [0.5, 0.6) is 0 Å². The fourth-order valence-corrected chi connectivity index (χ4v) is 4.24. The van der Waals surface area contributed by atoms with Gasteiger partial charge in [-0.15, -0.1) is 0 Å². The first kappa shape index (κ1) is 10.5. The zero-order valence-electron chi connectivity index (χ0n) is 10.2. The molecule has 1 nitrogen and oxygen atoms in total. The zero-order chi connectivity index (χ0) is 10.4. The van der Waals surface area contributed by atoms with E-state index in [1.807, 2.05) is 0 Å². The van der Waals surface area contributed by atoms with E-state index in [0.717, 1.165) is 12.0 Å². The SMILES string of the molecule is CCCC1C(C)(C)CC2CC1(C)CN2. The summed E-state index contributed by atoms with van der Waals surface area (Å²) in [5.74, 6) is 0.922. The smallest absolute Gasteiger partial charge is 0.00782 e. The Labute approximate surface area is 88.7 Å². The van der Waals surface area contributed by atoms with Crippen LogP contribution in [-0.2, 0) is 0 Å². The van der Waals surface area contributed by atoms with Crippen molar-refractivity contribution in [3.8, 4) is 0 Å². The predicted octanol–water partition coefficient (Wildman–Crippen LogP) is 3.20. The monoisotopic (exact) mass is 195 g/mol. The third kappa shape index (κ3) is 1.50. The summed E-state index contributed by atoms with van der Waals surface area (Å²) in [6.07, 6.45) is 5.56. The molecule has 2 aliphatic rings. The molecule has 0 aromatic heterocycles. The van der Waals surface area contributed by atoms with Gasteiger partial charge in [0.25, 0.3) is 0 Å². The van der Waals surface area contributed by atoms with Gasteiger partial charge in [0.2, 0.25) is 0 Å². The normalized spacial score (nSPS) is 45.4. The van der Waals surface area contributed by atoms with Crippen LogP contribution in [0.2, 0.25) is 0 Å². The number of hydrogen-bond donors (Lipinski definition) is 1. The van der Waals surface area contributed by atoms with Crippen molar-refractivity contribution in [1.29, 1.82) is 0 Å². The molecular weight excluding hydrogens is 170 g/mol. The van der Waals surface area contributed by atoms with E-state index in [1.54, 1.807) is 0 Å². The van der Waals surface area contributed by atoms with Gasteiger partial charge >= 0.3 is 0 Å². The lowest BCUT2D eigenvalue weighted by Gasteiger charge is -2.48. The van der Waals surface area contributed by atoms with E-state index in [0.29, 0.717) is 10.8 Å². The third-order valence-electron chi connectivity index (χ3n) is 4.64. The molecule has 0 amide bonds. The van der Waals surface area contributed by atoms with Crippen molar-refractivity contribution in [3.05, 3.63) is 0 Å². The van der Waals surface area contributed by atoms with E-state index in [-0.39, 0.29) is 0 Å². The summed E-state index contributed by atoms with van der Waals surface area (Å²) in [6, 6.07) is 0.808. The van der Waals surface area contributed by atoms with E-state index in [9.17, 15) is 0 Å². The highest BCUT2D eigenvalue weighted by Gasteiger charge is 2.52. The molecule has 3 unspecified atom stereocenters. The van der Waals surface area contributed by atoms with E-state index >= 15 is 0 Å². The van der Waals surface area contributed by atoms with Gasteiger partial charge in [0.1, 0.15) is 0 Å². The number of hydrogen-bond acceptors (Lipinski definition) is 1. The summed E-state index contributed by atoms with van der Waals surface area (Å²) in [5, 5.41) is 3.70. The Balaban J connectivity index is 2.23. The van der Waals surface area contributed by atoms with E-state index < -0.39 is 0 Å². The first-order valence-corrected chi connectivity index (χ1v) is 6.21. The highest BCUT2D eigenvalue weighted by Crippen LogP contribution is 2.55. The summed E-state index contributed by atoms with van der Waals surface area (Å²) in [5.41, 5.74) is 1.14. The molecule has 2 fully saturated rings. The molecule has 1 aliphatic carbocycles. The molecule has 1 saturated heterocycles. The summed E-state index contributed by atoms with van der Waals surface area (Å²) in [6.45, 7) is 11.0. The lowest BCUT2D eigenvalue weighted by Crippen LogP contribution is -2.43. The maximum absolute atomic E-state index is 3.70. The minimum atomic E-state index is 0.553. The Morgan fingerprint density at radius 3 is 2.57 bits per heavy atom. The topological polar surface area (TPSA) is 12.0 Å². The van der Waals surface area contributed by atoms with Crippen molar-refractivity contribution in [2.24, 2.45) is 16.7 Å². The second kappa shape index (κ2) is 3.23. The van der Waals surface area contributed by atoms with Gasteiger partial charge in [-0.1, -0.05) is 34.1 Å². The minimum absolute atomic E-state index is 0.553. The molecule has 2 rings (SSSR count). The van der Waals surface area contributed by atoms with Gasteiger partial charge in [-0.2, -0.15) is 0 Å². The second-order valence-corrected chi connectivity index (χ2v) is 6.47. The predicted molar refractivity (Wildman–Crippen MR) is 61.3 cm³/mol. The van der Waals surface area contributed by atoms with E-state index in [2.05, 4.69) is 33.0 Å². The average Bonchev–Trinajstić information content (AvgIpc) is 2.38. The molecule has 0 spiro atoms. The lowest BCUT2D eigenvalue weighted by molar-refractivity contribution is 0.0240. The first-order valence-electron chi connectivity index (χ1n) is 6.21. The van der Waals surface area contributed by atoms with E-state index in [4.69, 9.17) is 0 Å². The summed E-state index contributed by atoms with van der Waals surface area (Å²) < 4.78 is 0. The Morgan fingerprint density at radius 1 is 1.21 bits per heavy atom. The minimum Gasteiger partial charge on any atom is -0.313 e. The van der Waals surface area contributed by atoms with Crippen molar-refractivity contribution in [3.63, 3.8) is 0 Å². The molecule has 2 bridgehead atoms. The number of nitrogens with one attached hydrogen (secondary N) is 1. The average molecular weight is 195 g/mol. The van der Waals surface area contributed by atoms with Gasteiger partial charge in [-0.05, 0) is 36.0 Å². The molecule has 0 radical (unpaired) electrons. The molecule has 82 valence electrons. The fourth-order valence-electron chi connectivity index (χ4n) is 4.24. The number of rotatable bonds is 2. The third-order valence-corrected chi connectivity index (χ3v) is 4.64. The quantitative estimate of drug-likeness (QED) is 0.713. The Morgan fingerprint density at radius 2 is 1.93 bits per heavy atom. The van der Waals surface area contributed by atoms with Crippen LogP contribution in [0.1, 0.15) is 53.4 Å². The first-order chi connectivity index (χ1) is 6.48. The van der Waals surface area contributed by atoms with Crippen LogP contribution in [0.3, 0.4) is 0 Å². The summed E-state index contributed by atoms with van der Waals surface area (Å²) >= 11 is 0. The Kier molecular flexibility index (Phi) is 2.42. The van der Waals surface area contributed by atoms with Crippen LogP contribution in [0, 0.1) is 16.7 Å². The molecule has 3 atom stereocenters. The van der Waals surface area contributed by atoms with Gasteiger partial charge < -0.3 is 5.32 Å². The molecule has 1 aliphatic heterocycles. The molecule has 1 heteroatoms. The van der Waals surface area contributed by atoms with Gasteiger partial charge in [-0.3, -0.25) is 0 Å². The van der Waals surface area contributed by atoms with Crippen LogP contribution in [0.4, 0.5) is 0 Å². The van der Waals surface area contributed by atoms with E-state index in [1.165, 1.54) is 32.2 Å². The van der Waals surface area contributed by atoms with Crippen LogP contribution in [0.15, 0.2) is 0 Å². The van der Waals surface area contributed by atoms with Crippen molar-refractivity contribution in [2.75, 3.05) is 6.54 Å². The number of fused-ring (bicyclic) bond motifs is 2. The fraction of sp³-hybridized carbons (Fsp3) is 1.00. The van der Waals surface area contributed by atoms with Crippen molar-refractivity contribution in [1.82, 2.24) is 5.32 Å². The highest BCUT2D eigenvalue weighted by atomic mass is 15.0. The molecule has 0 aromatic rings. The molecule has 14 heavy (non-hydrogen) atoms. The van der Waals surface area contributed by atoms with Crippen LogP contribution >= 0.6 is 0 Å². The summed E-state index contributed by atoms with van der Waals surface area (Å²) in [7, 11) is 0. The second-order valence-electron chi connectivity index (χ2n) is 6.47. The summed E-state index contributed by atoms with van der Waals surface area (Å²) in [4.78, 5) is 0. The van der Waals surface area contributed by atoms with Gasteiger partial charge in [0.15, 0.2) is 0 Å². The van der Waals surface area contributed by atoms with Crippen LogP contribution in [-0.4, -0.2) is 12.6 Å². The highest BCUT2D eigenvalue weighted by molar-refractivity contribution is 5.05. The van der Waals surface area contributed by atoms with Crippen LogP contribution in [0.25, 0.3) is 0 Å². The maximum atomic E-state index is 3.70. The Bertz CT molecular complexity index is 221. The standard InChI is InChI=1S/C13H25N/c1-5-6-11-12(2,3)7-10-8-13(11,4)9-14-10/h10-11,14H,5-9H2,1-4H3. The van der Waals surface area contributed by atoms with Crippen molar-refractivity contribution < 1.29 is 0 Å². The van der Waals surface area contributed by atoms with Gasteiger partial charge in [-0.25, -0.2) is 0 Å². The maximum Gasteiger partial charge on any atom is 0.00782 e. The molecule has 1 saturated carbocycles. The molecular formula is C13H25N. The largest absolute Gasteiger partial charge is 0.313 e. The molecule has 0 aromatic carbocycles. The van der Waals surface area contributed by atoms with Crippen molar-refractivity contribution >= 4 is 0 Å². The van der Waals surface area contributed by atoms with Crippen LogP contribution < -0.4 is 5.32 Å². The van der Waals surface area contributed by atoms with Gasteiger partial charge in [0.05, 0.1) is 0 Å². The lowest BCUT2D eigenvalue weighted by atomic mass is 9.56. The zero-order valence-corrected chi connectivity index (χ0v) is 10.2. The van der Waals surface area contributed by atoms with Crippen molar-refractivity contribution in [2.45, 2.75) is 59.4 Å². The molecule has 1 N–H and O–H groups in total. The van der Waals surface area contributed by atoms with Gasteiger partial charge in [0, 0.05) is 12.6 Å². The Hall–Kier alpha value is -0.0400.